The zero-order valence-electron chi connectivity index (χ0n) is 18.0. The van der Waals surface area contributed by atoms with Crippen LogP contribution in [-0.4, -0.2) is 46.4 Å². The van der Waals surface area contributed by atoms with E-state index in [-0.39, 0.29) is 24.9 Å². The number of nitrogens with one attached hydrogen (secondary N) is 1. The average Bonchev–Trinajstić information content (AvgIpc) is 2.81. The van der Waals surface area contributed by atoms with Gasteiger partial charge in [0, 0.05) is 0 Å². The van der Waals surface area contributed by atoms with Crippen molar-refractivity contribution >= 4 is 21.6 Å². The van der Waals surface area contributed by atoms with Crippen LogP contribution in [0, 0.1) is 0 Å². The number of sulfonamides is 1. The monoisotopic (exact) mass is 468 g/mol. The van der Waals surface area contributed by atoms with Gasteiger partial charge in [-0.1, -0.05) is 42.5 Å². The summed E-state index contributed by atoms with van der Waals surface area (Å²) in [5, 5.41) is 2.73. The maximum absolute atomic E-state index is 12.7. The zero-order valence-corrected chi connectivity index (χ0v) is 18.8. The first kappa shape index (κ1) is 22.5. The molecule has 0 bridgehead atoms. The van der Waals surface area contributed by atoms with Crippen LogP contribution in [0.1, 0.15) is 0 Å². The van der Waals surface area contributed by atoms with Crippen molar-refractivity contribution in [2.24, 2.45) is 0 Å². The number of carbonyl (C=O) groups excluding carboxylic acids is 1. The lowest BCUT2D eigenvalue weighted by Crippen LogP contribution is -2.45. The summed E-state index contributed by atoms with van der Waals surface area (Å²) in [4.78, 5) is 12.7. The molecule has 1 aliphatic heterocycles. The van der Waals surface area contributed by atoms with Crippen LogP contribution in [0.5, 0.6) is 23.0 Å². The molecular weight excluding hydrogens is 444 g/mol. The van der Waals surface area contributed by atoms with Crippen LogP contribution >= 0.6 is 0 Å². The van der Waals surface area contributed by atoms with Crippen molar-refractivity contribution < 1.29 is 27.4 Å². The molecule has 3 aromatic rings. The highest BCUT2D eigenvalue weighted by Crippen LogP contribution is 2.33. The third-order valence-electron chi connectivity index (χ3n) is 4.89. The zero-order chi connectivity index (χ0) is 23.3. The molecule has 33 heavy (non-hydrogen) atoms. The summed E-state index contributed by atoms with van der Waals surface area (Å²) in [6.45, 7) is 0.0475. The first-order valence-corrected chi connectivity index (χ1v) is 12.2. The third-order valence-corrected chi connectivity index (χ3v) is 6.01. The number of amides is 1. The van der Waals surface area contributed by atoms with Crippen molar-refractivity contribution in [2.45, 2.75) is 6.10 Å². The topological polar surface area (TPSA) is 94.2 Å². The fourth-order valence-electron chi connectivity index (χ4n) is 3.32. The molecule has 0 spiro atoms. The molecule has 1 aliphatic rings. The average molecular weight is 469 g/mol. The Morgan fingerprint density at radius 2 is 1.67 bits per heavy atom. The quantitative estimate of drug-likeness (QED) is 0.546. The van der Waals surface area contributed by atoms with Gasteiger partial charge in [0.1, 0.15) is 25.0 Å². The van der Waals surface area contributed by atoms with Crippen LogP contribution in [0.15, 0.2) is 78.9 Å². The van der Waals surface area contributed by atoms with Crippen molar-refractivity contribution in [1.29, 1.82) is 0 Å². The van der Waals surface area contributed by atoms with Crippen LogP contribution < -0.4 is 23.8 Å². The van der Waals surface area contributed by atoms with Gasteiger partial charge >= 0.3 is 0 Å². The second-order valence-corrected chi connectivity index (χ2v) is 9.36. The predicted molar refractivity (Wildman–Crippen MR) is 125 cm³/mol. The molecule has 0 saturated heterocycles. The molecule has 0 saturated carbocycles. The van der Waals surface area contributed by atoms with Gasteiger partial charge in [0.15, 0.2) is 17.2 Å². The lowest BCUT2D eigenvalue weighted by molar-refractivity contribution is -0.120. The van der Waals surface area contributed by atoms with Crippen molar-refractivity contribution in [3.63, 3.8) is 0 Å². The minimum absolute atomic E-state index is 0.174. The number of rotatable bonds is 8. The molecule has 9 heteroatoms. The lowest BCUT2D eigenvalue weighted by Gasteiger charge is -2.27. The molecular formula is C24H24N2O6S. The molecule has 0 aliphatic carbocycles. The van der Waals surface area contributed by atoms with E-state index in [0.29, 0.717) is 23.0 Å². The number of ether oxygens (including phenoxy) is 3. The number of carbonyl (C=O) groups is 1. The maximum Gasteiger partial charge on any atom is 0.240 e. The highest BCUT2D eigenvalue weighted by molar-refractivity contribution is 7.92. The third kappa shape index (κ3) is 5.75. The molecule has 1 unspecified atom stereocenters. The smallest absolute Gasteiger partial charge is 0.240 e. The number of anilines is 1. The van der Waals surface area contributed by atoms with Gasteiger partial charge in [0.05, 0.1) is 18.5 Å². The molecule has 4 rings (SSSR count). The predicted octanol–water partition coefficient (Wildman–Crippen LogP) is 3.20. The largest absolute Gasteiger partial charge is 0.486 e. The van der Waals surface area contributed by atoms with Crippen molar-refractivity contribution in [3.05, 3.63) is 78.9 Å². The summed E-state index contributed by atoms with van der Waals surface area (Å²) in [6, 6.07) is 23.0. The van der Waals surface area contributed by atoms with Gasteiger partial charge in [0.25, 0.3) is 0 Å². The van der Waals surface area contributed by atoms with E-state index in [4.69, 9.17) is 14.2 Å². The minimum atomic E-state index is -3.77. The summed E-state index contributed by atoms with van der Waals surface area (Å²) in [7, 11) is -3.77. The van der Waals surface area contributed by atoms with Crippen LogP contribution in [0.25, 0.3) is 0 Å². The summed E-state index contributed by atoms with van der Waals surface area (Å²) >= 11 is 0. The Hall–Kier alpha value is -3.72. The van der Waals surface area contributed by atoms with E-state index in [1.807, 2.05) is 36.4 Å². The SMILES string of the molecule is CS(=O)(=O)N(CC(=O)NCC1COc2ccccc2O1)c1ccccc1Oc1ccccc1. The van der Waals surface area contributed by atoms with Gasteiger partial charge in [-0.2, -0.15) is 0 Å². The number of fused-ring (bicyclic) bond motifs is 1. The Labute approximate surface area is 192 Å². The van der Waals surface area contributed by atoms with Gasteiger partial charge in [-0.15, -0.1) is 0 Å². The van der Waals surface area contributed by atoms with Crippen molar-refractivity contribution in [1.82, 2.24) is 5.32 Å². The van der Waals surface area contributed by atoms with Crippen LogP contribution in [-0.2, 0) is 14.8 Å². The van der Waals surface area contributed by atoms with E-state index in [1.54, 1.807) is 42.5 Å². The minimum Gasteiger partial charge on any atom is -0.486 e. The van der Waals surface area contributed by atoms with Crippen LogP contribution in [0.3, 0.4) is 0 Å². The Morgan fingerprint density at radius 1 is 1.00 bits per heavy atom. The van der Waals surface area contributed by atoms with E-state index >= 15 is 0 Å². The number of hydrogen-bond acceptors (Lipinski definition) is 6. The highest BCUT2D eigenvalue weighted by Gasteiger charge is 2.26. The molecule has 3 aromatic carbocycles. The van der Waals surface area contributed by atoms with E-state index in [2.05, 4.69) is 5.32 Å². The lowest BCUT2D eigenvalue weighted by atomic mass is 10.2. The van der Waals surface area contributed by atoms with Gasteiger partial charge in [-0.05, 0) is 36.4 Å². The maximum atomic E-state index is 12.7. The molecule has 1 atom stereocenters. The Kier molecular flexibility index (Phi) is 6.69. The van der Waals surface area contributed by atoms with Crippen LogP contribution in [0.2, 0.25) is 0 Å². The fourth-order valence-corrected chi connectivity index (χ4v) is 4.18. The molecule has 0 aromatic heterocycles. The highest BCUT2D eigenvalue weighted by atomic mass is 32.2. The number of benzene rings is 3. The molecule has 1 heterocycles. The number of nitrogens with zero attached hydrogens (tertiary/aromatic N) is 1. The molecule has 172 valence electrons. The second kappa shape index (κ2) is 9.83. The summed E-state index contributed by atoms with van der Waals surface area (Å²) < 4.78 is 43.5. The van der Waals surface area contributed by atoms with Crippen LogP contribution in [0.4, 0.5) is 5.69 Å². The molecule has 8 nitrogen and oxygen atoms in total. The molecule has 1 N–H and O–H groups in total. The number of para-hydroxylation sites is 5. The Morgan fingerprint density at radius 3 is 2.42 bits per heavy atom. The number of hydrogen-bond donors (Lipinski definition) is 1. The fraction of sp³-hybridized carbons (Fsp3) is 0.208. The van der Waals surface area contributed by atoms with Gasteiger partial charge in [-0.3, -0.25) is 9.10 Å². The van der Waals surface area contributed by atoms with Gasteiger partial charge < -0.3 is 19.5 Å². The second-order valence-electron chi connectivity index (χ2n) is 7.45. The van der Waals surface area contributed by atoms with Crippen molar-refractivity contribution in [3.8, 4) is 23.0 Å². The van der Waals surface area contributed by atoms with E-state index in [9.17, 15) is 13.2 Å². The summed E-state index contributed by atoms with van der Waals surface area (Å²) in [5.74, 6) is 1.66. The molecule has 0 fully saturated rings. The van der Waals surface area contributed by atoms with E-state index in [1.165, 1.54) is 0 Å². The standard InChI is InChI=1S/C24H24N2O6S/c1-33(28,29)26(20-11-5-6-12-21(20)31-18-9-3-2-4-10-18)16-24(27)25-15-19-17-30-22-13-7-8-14-23(22)32-19/h2-14,19H,15-17H2,1H3,(H,25,27). The first-order valence-electron chi connectivity index (χ1n) is 10.3. The summed E-state index contributed by atoms with van der Waals surface area (Å²) in [5.41, 5.74) is 0.269. The molecule has 1 amide bonds. The van der Waals surface area contributed by atoms with Gasteiger partial charge in [-0.25, -0.2) is 8.42 Å². The van der Waals surface area contributed by atoms with E-state index < -0.39 is 22.5 Å². The molecule has 0 radical (unpaired) electrons. The summed E-state index contributed by atoms with van der Waals surface area (Å²) in [6.07, 6.45) is 0.665. The normalized spacial score (nSPS) is 14.9. The van der Waals surface area contributed by atoms with Gasteiger partial charge in [0.2, 0.25) is 15.9 Å². The van der Waals surface area contributed by atoms with E-state index in [0.717, 1.165) is 10.6 Å². The Balaban J connectivity index is 1.44. The Bertz CT molecular complexity index is 1220. The first-order chi connectivity index (χ1) is 15.9. The van der Waals surface area contributed by atoms with Crippen molar-refractivity contribution in [2.75, 3.05) is 30.3 Å².